The average molecular weight is 546 g/mol. The van der Waals surface area contributed by atoms with Crippen molar-refractivity contribution in [1.82, 2.24) is 0 Å². The second-order valence-corrected chi connectivity index (χ2v) is 9.30. The molecule has 4 aliphatic carbocycles. The summed E-state index contributed by atoms with van der Waals surface area (Å²) in [5.41, 5.74) is 7.35. The SMILES string of the molecule is COc1ccc2c(c1)CCC1C2=CC(=O)/C1=C\[O-].COc1ccc2c(c1)CCC1C2=CC(=O)/C1=C\[O-].[Cu+2]. The van der Waals surface area contributed by atoms with E-state index in [1.54, 1.807) is 26.4 Å². The normalized spacial score (nSPS) is 23.0. The number of hydrogen-bond acceptors (Lipinski definition) is 6. The first-order valence-electron chi connectivity index (χ1n) is 12.0. The number of benzene rings is 2. The van der Waals surface area contributed by atoms with E-state index in [4.69, 9.17) is 9.47 Å². The fraction of sp³-hybridized carbons (Fsp3) is 0.267. The number of fused-ring (bicyclic) bond motifs is 6. The van der Waals surface area contributed by atoms with Crippen LogP contribution in [-0.2, 0) is 39.5 Å². The van der Waals surface area contributed by atoms with Crippen molar-refractivity contribution in [2.45, 2.75) is 25.7 Å². The zero-order valence-electron chi connectivity index (χ0n) is 20.5. The van der Waals surface area contributed by atoms with Crippen molar-refractivity contribution in [2.75, 3.05) is 14.2 Å². The third-order valence-electron chi connectivity index (χ3n) is 7.55. The van der Waals surface area contributed by atoms with Crippen molar-refractivity contribution in [3.8, 4) is 11.5 Å². The van der Waals surface area contributed by atoms with E-state index in [0.717, 1.165) is 59.5 Å². The van der Waals surface area contributed by atoms with Crippen molar-refractivity contribution < 1.29 is 46.3 Å². The molecule has 37 heavy (non-hydrogen) atoms. The summed E-state index contributed by atoms with van der Waals surface area (Å²) in [6, 6.07) is 11.8. The van der Waals surface area contributed by atoms with Crippen molar-refractivity contribution in [3.63, 3.8) is 0 Å². The average Bonchev–Trinajstić information content (AvgIpc) is 3.42. The molecule has 7 heteroatoms. The Bertz CT molecular complexity index is 1270. The van der Waals surface area contributed by atoms with Gasteiger partial charge in [-0.25, -0.2) is 0 Å². The van der Waals surface area contributed by atoms with E-state index in [9.17, 15) is 19.8 Å². The summed E-state index contributed by atoms with van der Waals surface area (Å²) in [4.78, 5) is 23.5. The summed E-state index contributed by atoms with van der Waals surface area (Å²) in [7, 11) is 3.29. The van der Waals surface area contributed by atoms with Gasteiger partial charge in [0, 0.05) is 11.8 Å². The molecule has 2 aromatic carbocycles. The van der Waals surface area contributed by atoms with Gasteiger partial charge < -0.3 is 19.7 Å². The molecule has 0 amide bonds. The van der Waals surface area contributed by atoms with Crippen LogP contribution < -0.4 is 19.7 Å². The molecule has 2 atom stereocenters. The molecule has 0 heterocycles. The van der Waals surface area contributed by atoms with Crippen LogP contribution in [0.15, 0.2) is 72.2 Å². The van der Waals surface area contributed by atoms with Crippen LogP contribution in [0, 0.1) is 11.8 Å². The number of carbonyl (C=O) groups excluding carboxylic acids is 2. The molecule has 2 unspecified atom stereocenters. The summed E-state index contributed by atoms with van der Waals surface area (Å²) in [6.07, 6.45) is 8.05. The first-order chi connectivity index (χ1) is 17.5. The number of ether oxygens (including phenoxy) is 2. The molecule has 6 nitrogen and oxygen atoms in total. The van der Waals surface area contributed by atoms with Gasteiger partial charge in [0.1, 0.15) is 11.5 Å². The van der Waals surface area contributed by atoms with Gasteiger partial charge in [0.15, 0.2) is 11.6 Å². The van der Waals surface area contributed by atoms with Crippen LogP contribution >= 0.6 is 0 Å². The van der Waals surface area contributed by atoms with Gasteiger partial charge in [-0.3, -0.25) is 9.59 Å². The predicted octanol–water partition coefficient (Wildman–Crippen LogP) is 2.93. The Hall–Kier alpha value is -3.54. The molecule has 0 fully saturated rings. The van der Waals surface area contributed by atoms with E-state index in [0.29, 0.717) is 23.7 Å². The smallest absolute Gasteiger partial charge is 0.878 e. The Morgan fingerprint density at radius 1 is 0.730 bits per heavy atom. The number of carbonyl (C=O) groups is 2. The third-order valence-corrected chi connectivity index (χ3v) is 7.55. The minimum atomic E-state index is -0.131. The number of methoxy groups -OCH3 is 2. The maximum atomic E-state index is 11.7. The van der Waals surface area contributed by atoms with E-state index in [-0.39, 0.29) is 40.5 Å². The second-order valence-electron chi connectivity index (χ2n) is 9.30. The van der Waals surface area contributed by atoms with E-state index in [1.165, 1.54) is 11.1 Å². The van der Waals surface area contributed by atoms with Crippen LogP contribution in [0.25, 0.3) is 11.1 Å². The molecule has 0 saturated heterocycles. The third kappa shape index (κ3) is 4.65. The van der Waals surface area contributed by atoms with Gasteiger partial charge in [0.2, 0.25) is 0 Å². The molecule has 4 aliphatic rings. The summed E-state index contributed by atoms with van der Waals surface area (Å²) in [5.74, 6) is 1.39. The topological polar surface area (TPSA) is 98.7 Å². The number of allylic oxidation sites excluding steroid dienone is 6. The first kappa shape index (κ1) is 26.5. The van der Waals surface area contributed by atoms with E-state index >= 15 is 0 Å². The van der Waals surface area contributed by atoms with Crippen LogP contribution in [0.5, 0.6) is 11.5 Å². The summed E-state index contributed by atoms with van der Waals surface area (Å²) >= 11 is 0. The van der Waals surface area contributed by atoms with Gasteiger partial charge in [-0.1, -0.05) is 12.1 Å². The monoisotopic (exact) mass is 545 g/mol. The molecule has 0 aromatic heterocycles. The maximum Gasteiger partial charge on any atom is 2.00 e. The molecule has 1 radical (unpaired) electrons. The molecule has 0 N–H and O–H groups in total. The molecule has 0 aliphatic heterocycles. The number of aryl methyl sites for hydroxylation is 2. The zero-order valence-corrected chi connectivity index (χ0v) is 21.4. The Kier molecular flexibility index (Phi) is 7.76. The minimum absolute atomic E-state index is 0. The van der Waals surface area contributed by atoms with E-state index in [2.05, 4.69) is 0 Å². The molecule has 193 valence electrons. The minimum Gasteiger partial charge on any atom is -0.878 e. The molecule has 0 saturated carbocycles. The quantitative estimate of drug-likeness (QED) is 0.327. The largest absolute Gasteiger partial charge is 2.00 e. The van der Waals surface area contributed by atoms with E-state index in [1.807, 2.05) is 36.4 Å². The van der Waals surface area contributed by atoms with Crippen molar-refractivity contribution in [3.05, 3.63) is 94.5 Å². The fourth-order valence-electron chi connectivity index (χ4n) is 5.73. The van der Waals surface area contributed by atoms with Crippen molar-refractivity contribution in [2.24, 2.45) is 11.8 Å². The van der Waals surface area contributed by atoms with Gasteiger partial charge in [-0.2, -0.15) is 0 Å². The number of hydrogen-bond donors (Lipinski definition) is 0. The Labute approximate surface area is 226 Å². The summed E-state index contributed by atoms with van der Waals surface area (Å²) < 4.78 is 10.4. The van der Waals surface area contributed by atoms with Crippen LogP contribution in [0.3, 0.4) is 0 Å². The Morgan fingerprint density at radius 2 is 1.14 bits per heavy atom. The zero-order chi connectivity index (χ0) is 25.4. The van der Waals surface area contributed by atoms with Gasteiger partial charge in [0.05, 0.1) is 14.2 Å². The first-order valence-corrected chi connectivity index (χ1v) is 12.0. The van der Waals surface area contributed by atoms with Gasteiger partial charge in [0.25, 0.3) is 0 Å². The number of ketones is 2. The molecule has 0 spiro atoms. The summed E-state index contributed by atoms with van der Waals surface area (Å²) in [5, 5.41) is 21.9. The molecule has 2 aromatic rings. The summed E-state index contributed by atoms with van der Waals surface area (Å²) in [6.45, 7) is 0. The van der Waals surface area contributed by atoms with Crippen molar-refractivity contribution >= 4 is 22.7 Å². The van der Waals surface area contributed by atoms with Gasteiger partial charge in [-0.15, -0.1) is 12.5 Å². The van der Waals surface area contributed by atoms with Gasteiger partial charge >= 0.3 is 17.1 Å². The van der Waals surface area contributed by atoms with Crippen LogP contribution in [-0.4, -0.2) is 25.8 Å². The molecular weight excluding hydrogens is 520 g/mol. The van der Waals surface area contributed by atoms with Crippen LogP contribution in [0.4, 0.5) is 0 Å². The Balaban J connectivity index is 0.000000168. The van der Waals surface area contributed by atoms with Gasteiger partial charge in [-0.05, 0) is 107 Å². The molecular formula is C30H26CuO6. The predicted molar refractivity (Wildman–Crippen MR) is 132 cm³/mol. The van der Waals surface area contributed by atoms with Crippen LogP contribution in [0.2, 0.25) is 0 Å². The van der Waals surface area contributed by atoms with E-state index < -0.39 is 0 Å². The number of rotatable bonds is 2. The fourth-order valence-corrected chi connectivity index (χ4v) is 5.73. The van der Waals surface area contributed by atoms with Crippen LogP contribution in [0.1, 0.15) is 35.1 Å². The second kappa shape index (κ2) is 10.8. The molecule has 6 rings (SSSR count). The standard InChI is InChI=1S/2C15H14O3.Cu/c2*1-18-10-3-5-11-9(6-10)2-4-12-13(11)7-15(17)14(12)8-16;/h2*3,5-8,12,16H,2,4H2,1H3;/q;;+2/p-2/b2*14-8-;. The Morgan fingerprint density at radius 3 is 1.49 bits per heavy atom. The maximum absolute atomic E-state index is 11.7. The van der Waals surface area contributed by atoms with Crippen molar-refractivity contribution in [1.29, 1.82) is 0 Å². The molecule has 0 bridgehead atoms.